The third-order valence-corrected chi connectivity index (χ3v) is 7.64. The molecule has 1 saturated heterocycles. The van der Waals surface area contributed by atoms with Crippen molar-refractivity contribution < 1.29 is 22.7 Å². The SMILES string of the molecule is CCN(C(=O)COC(=O)c1ccccc1Cc1nc2ccccc2c(=O)[nH]1)C1CCS(=O)(=O)C1. The summed E-state index contributed by atoms with van der Waals surface area (Å²) in [5, 5.41) is 0.480. The van der Waals surface area contributed by atoms with Gasteiger partial charge in [0.2, 0.25) is 0 Å². The third kappa shape index (κ3) is 5.17. The molecule has 1 fully saturated rings. The number of amides is 1. The molecule has 0 spiro atoms. The predicted octanol–water partition coefficient (Wildman–Crippen LogP) is 1.71. The molecular formula is C24H25N3O6S. The Labute approximate surface area is 196 Å². The summed E-state index contributed by atoms with van der Waals surface area (Å²) in [6.07, 6.45) is 0.579. The molecule has 1 unspecified atom stereocenters. The molecule has 1 amide bonds. The summed E-state index contributed by atoms with van der Waals surface area (Å²) < 4.78 is 28.8. The van der Waals surface area contributed by atoms with Crippen LogP contribution in [0.15, 0.2) is 53.3 Å². The molecule has 2 heterocycles. The van der Waals surface area contributed by atoms with E-state index in [-0.39, 0.29) is 29.0 Å². The van der Waals surface area contributed by atoms with E-state index in [4.69, 9.17) is 4.74 Å². The van der Waals surface area contributed by atoms with Gasteiger partial charge in [-0.25, -0.2) is 18.2 Å². The minimum Gasteiger partial charge on any atom is -0.452 e. The molecule has 1 aliphatic rings. The lowest BCUT2D eigenvalue weighted by Gasteiger charge is -2.26. The van der Waals surface area contributed by atoms with Crippen molar-refractivity contribution in [2.24, 2.45) is 0 Å². The van der Waals surface area contributed by atoms with E-state index in [2.05, 4.69) is 9.97 Å². The molecule has 3 aromatic rings. The second kappa shape index (κ2) is 9.76. The van der Waals surface area contributed by atoms with Crippen LogP contribution in [0.3, 0.4) is 0 Å². The number of benzene rings is 2. The zero-order valence-corrected chi connectivity index (χ0v) is 19.5. The Kier molecular flexibility index (Phi) is 6.78. The van der Waals surface area contributed by atoms with Crippen LogP contribution >= 0.6 is 0 Å². The minimum absolute atomic E-state index is 0.0551. The first-order valence-electron chi connectivity index (χ1n) is 11.0. The number of para-hydroxylation sites is 1. The fraction of sp³-hybridized carbons (Fsp3) is 0.333. The Bertz CT molecular complexity index is 1400. The number of rotatable bonds is 7. The average Bonchev–Trinajstić information content (AvgIpc) is 3.17. The third-order valence-electron chi connectivity index (χ3n) is 5.89. The smallest absolute Gasteiger partial charge is 0.338 e. The van der Waals surface area contributed by atoms with Gasteiger partial charge in [-0.05, 0) is 37.1 Å². The van der Waals surface area contributed by atoms with Crippen LogP contribution in [0.4, 0.5) is 0 Å². The zero-order chi connectivity index (χ0) is 24.3. The quantitative estimate of drug-likeness (QED) is 0.507. The van der Waals surface area contributed by atoms with Gasteiger partial charge in [0.15, 0.2) is 16.4 Å². The number of carbonyl (C=O) groups is 2. The van der Waals surface area contributed by atoms with Crippen molar-refractivity contribution in [3.63, 3.8) is 0 Å². The first kappa shape index (κ1) is 23.6. The highest BCUT2D eigenvalue weighted by Gasteiger charge is 2.34. The monoisotopic (exact) mass is 483 g/mol. The van der Waals surface area contributed by atoms with Gasteiger partial charge in [-0.2, -0.15) is 0 Å². The molecule has 0 saturated carbocycles. The number of esters is 1. The second-order valence-electron chi connectivity index (χ2n) is 8.18. The van der Waals surface area contributed by atoms with Crippen molar-refractivity contribution in [1.82, 2.24) is 14.9 Å². The van der Waals surface area contributed by atoms with Crippen LogP contribution < -0.4 is 5.56 Å². The van der Waals surface area contributed by atoms with E-state index in [0.29, 0.717) is 35.3 Å². The Hall–Kier alpha value is -3.53. The molecule has 34 heavy (non-hydrogen) atoms. The van der Waals surface area contributed by atoms with Crippen molar-refractivity contribution in [2.45, 2.75) is 25.8 Å². The second-order valence-corrected chi connectivity index (χ2v) is 10.4. The average molecular weight is 484 g/mol. The number of likely N-dealkylation sites (N-methyl/N-ethyl adjacent to an activating group) is 1. The highest BCUT2D eigenvalue weighted by atomic mass is 32.2. The van der Waals surface area contributed by atoms with Crippen molar-refractivity contribution in [3.05, 3.63) is 75.8 Å². The van der Waals surface area contributed by atoms with Crippen LogP contribution in [0.1, 0.15) is 35.1 Å². The van der Waals surface area contributed by atoms with Crippen molar-refractivity contribution in [3.8, 4) is 0 Å². The van der Waals surface area contributed by atoms with Crippen LogP contribution in [0.25, 0.3) is 10.9 Å². The number of carbonyl (C=O) groups excluding carboxylic acids is 2. The lowest BCUT2D eigenvalue weighted by atomic mass is 10.0. The molecule has 1 aliphatic heterocycles. The summed E-state index contributed by atoms with van der Waals surface area (Å²) in [7, 11) is -3.14. The highest BCUT2D eigenvalue weighted by molar-refractivity contribution is 7.91. The molecule has 0 radical (unpaired) electrons. The first-order valence-corrected chi connectivity index (χ1v) is 12.8. The van der Waals surface area contributed by atoms with Crippen LogP contribution in [-0.2, 0) is 25.8 Å². The molecule has 1 atom stereocenters. The number of aromatic amines is 1. The topological polar surface area (TPSA) is 126 Å². The largest absolute Gasteiger partial charge is 0.452 e. The fourth-order valence-electron chi connectivity index (χ4n) is 4.22. The maximum atomic E-state index is 12.8. The highest BCUT2D eigenvalue weighted by Crippen LogP contribution is 2.19. The van der Waals surface area contributed by atoms with Crippen molar-refractivity contribution >= 4 is 32.6 Å². The van der Waals surface area contributed by atoms with Gasteiger partial charge in [0.05, 0.1) is 28.0 Å². The number of ether oxygens (including phenoxy) is 1. The molecule has 10 heteroatoms. The molecule has 0 aliphatic carbocycles. The predicted molar refractivity (Wildman–Crippen MR) is 126 cm³/mol. The molecule has 178 valence electrons. The summed E-state index contributed by atoms with van der Waals surface area (Å²) in [4.78, 5) is 46.5. The number of nitrogens with zero attached hydrogens (tertiary/aromatic N) is 2. The molecule has 2 aromatic carbocycles. The lowest BCUT2D eigenvalue weighted by Crippen LogP contribution is -2.43. The number of sulfone groups is 1. The lowest BCUT2D eigenvalue weighted by molar-refractivity contribution is -0.136. The number of H-pyrrole nitrogens is 1. The van der Waals surface area contributed by atoms with Crippen molar-refractivity contribution in [2.75, 3.05) is 24.7 Å². The van der Waals surface area contributed by atoms with Gasteiger partial charge in [0.25, 0.3) is 11.5 Å². The standard InChI is InChI=1S/C24H25N3O6S/c1-2-27(17-11-12-34(31,32)15-17)22(28)14-33-24(30)18-8-4-3-7-16(18)13-21-25-20-10-6-5-9-19(20)23(29)26-21/h3-10,17H,2,11-15H2,1H3,(H,25,26,29). The van der Waals surface area contributed by atoms with E-state index in [9.17, 15) is 22.8 Å². The number of fused-ring (bicyclic) bond motifs is 1. The number of nitrogens with one attached hydrogen (secondary N) is 1. The Morgan fingerprint density at radius 2 is 1.88 bits per heavy atom. The molecule has 4 rings (SSSR count). The van der Waals surface area contributed by atoms with Crippen LogP contribution in [0.5, 0.6) is 0 Å². The molecule has 9 nitrogen and oxygen atoms in total. The summed E-state index contributed by atoms with van der Waals surface area (Å²) >= 11 is 0. The van der Waals surface area contributed by atoms with Gasteiger partial charge < -0.3 is 14.6 Å². The van der Waals surface area contributed by atoms with E-state index in [1.807, 2.05) is 0 Å². The van der Waals surface area contributed by atoms with E-state index >= 15 is 0 Å². The summed E-state index contributed by atoms with van der Waals surface area (Å²) in [6.45, 7) is 1.61. The molecule has 0 bridgehead atoms. The Morgan fingerprint density at radius 3 is 2.62 bits per heavy atom. The fourth-order valence-corrected chi connectivity index (χ4v) is 5.95. The summed E-state index contributed by atoms with van der Waals surface area (Å²) in [6, 6.07) is 13.3. The first-order chi connectivity index (χ1) is 16.3. The summed E-state index contributed by atoms with van der Waals surface area (Å²) in [5.41, 5.74) is 1.14. The minimum atomic E-state index is -3.14. The number of aromatic nitrogens is 2. The van der Waals surface area contributed by atoms with Gasteiger partial charge in [-0.3, -0.25) is 9.59 Å². The van der Waals surface area contributed by atoms with Crippen LogP contribution in [0, 0.1) is 0 Å². The maximum Gasteiger partial charge on any atom is 0.338 e. The van der Waals surface area contributed by atoms with E-state index in [0.717, 1.165) is 0 Å². The number of hydrogen-bond acceptors (Lipinski definition) is 7. The summed E-state index contributed by atoms with van der Waals surface area (Å²) in [5.74, 6) is -0.724. The molecule has 1 N–H and O–H groups in total. The normalized spacial score (nSPS) is 16.9. The Balaban J connectivity index is 1.47. The maximum absolute atomic E-state index is 12.8. The van der Waals surface area contributed by atoms with Gasteiger partial charge in [0, 0.05) is 19.0 Å². The van der Waals surface area contributed by atoms with Gasteiger partial charge in [-0.15, -0.1) is 0 Å². The number of hydrogen-bond donors (Lipinski definition) is 1. The van der Waals surface area contributed by atoms with E-state index < -0.39 is 34.4 Å². The zero-order valence-electron chi connectivity index (χ0n) is 18.7. The van der Waals surface area contributed by atoms with Crippen LogP contribution in [-0.4, -0.2) is 65.9 Å². The Morgan fingerprint density at radius 1 is 1.15 bits per heavy atom. The van der Waals surface area contributed by atoms with Gasteiger partial charge >= 0.3 is 5.97 Å². The van der Waals surface area contributed by atoms with E-state index in [1.54, 1.807) is 55.5 Å². The molecule has 1 aromatic heterocycles. The van der Waals surface area contributed by atoms with E-state index in [1.165, 1.54) is 4.90 Å². The van der Waals surface area contributed by atoms with Crippen molar-refractivity contribution in [1.29, 1.82) is 0 Å². The molecular weight excluding hydrogens is 458 g/mol. The van der Waals surface area contributed by atoms with Gasteiger partial charge in [-0.1, -0.05) is 30.3 Å². The van der Waals surface area contributed by atoms with Crippen LogP contribution in [0.2, 0.25) is 0 Å². The van der Waals surface area contributed by atoms with Gasteiger partial charge in [0.1, 0.15) is 5.82 Å².